The number of hydrogen-bond acceptors (Lipinski definition) is 2. The van der Waals surface area contributed by atoms with E-state index < -0.39 is 11.7 Å². The highest BCUT2D eigenvalue weighted by atomic mass is 32.2. The fourth-order valence-corrected chi connectivity index (χ4v) is 3.75. The Labute approximate surface area is 128 Å². The van der Waals surface area contributed by atoms with Crippen LogP contribution in [0.1, 0.15) is 49.8 Å². The highest BCUT2D eigenvalue weighted by Crippen LogP contribution is 2.31. The van der Waals surface area contributed by atoms with E-state index in [-0.39, 0.29) is 6.04 Å². The summed E-state index contributed by atoms with van der Waals surface area (Å²) in [6.07, 6.45) is 2.68. The Morgan fingerprint density at radius 3 is 2.43 bits per heavy atom. The van der Waals surface area contributed by atoms with Crippen molar-refractivity contribution >= 4 is 11.8 Å². The van der Waals surface area contributed by atoms with E-state index in [9.17, 15) is 13.2 Å². The standard InChI is InChI=1S/C16H22F3NS/c1-11(20-14-4-3-5-15(10-14)21-2)12-6-8-13(9-7-12)16(17,18)19/h6-9,11,14-15,20H,3-5,10H2,1-2H3. The lowest BCUT2D eigenvalue weighted by Crippen LogP contribution is -2.36. The topological polar surface area (TPSA) is 12.0 Å². The molecule has 1 aromatic rings. The number of halogens is 3. The zero-order valence-corrected chi connectivity index (χ0v) is 13.2. The molecule has 1 fully saturated rings. The van der Waals surface area contributed by atoms with Gasteiger partial charge in [0.25, 0.3) is 0 Å². The smallest absolute Gasteiger partial charge is 0.307 e. The summed E-state index contributed by atoms with van der Waals surface area (Å²) in [5.41, 5.74) is 0.327. The van der Waals surface area contributed by atoms with Gasteiger partial charge >= 0.3 is 6.18 Å². The van der Waals surface area contributed by atoms with Gasteiger partial charge in [-0.25, -0.2) is 0 Å². The average molecular weight is 317 g/mol. The summed E-state index contributed by atoms with van der Waals surface area (Å²) in [5, 5.41) is 4.27. The zero-order chi connectivity index (χ0) is 15.5. The summed E-state index contributed by atoms with van der Waals surface area (Å²) < 4.78 is 37.7. The molecule has 118 valence electrons. The Kier molecular flexibility index (Phi) is 5.60. The van der Waals surface area contributed by atoms with Crippen molar-refractivity contribution in [1.82, 2.24) is 5.32 Å². The van der Waals surface area contributed by atoms with E-state index >= 15 is 0 Å². The van der Waals surface area contributed by atoms with Crippen LogP contribution in [0, 0.1) is 0 Å². The number of benzene rings is 1. The van der Waals surface area contributed by atoms with Crippen LogP contribution < -0.4 is 5.32 Å². The summed E-state index contributed by atoms with van der Waals surface area (Å²) in [5.74, 6) is 0. The summed E-state index contributed by atoms with van der Waals surface area (Å²) in [4.78, 5) is 0. The fourth-order valence-electron chi connectivity index (χ4n) is 2.92. The summed E-state index contributed by atoms with van der Waals surface area (Å²) >= 11 is 1.91. The minimum atomic E-state index is -4.26. The predicted molar refractivity (Wildman–Crippen MR) is 82.6 cm³/mol. The van der Waals surface area contributed by atoms with Crippen LogP contribution >= 0.6 is 11.8 Å². The van der Waals surface area contributed by atoms with E-state index in [0.29, 0.717) is 11.3 Å². The van der Waals surface area contributed by atoms with Crippen molar-refractivity contribution in [1.29, 1.82) is 0 Å². The number of rotatable bonds is 4. The fraction of sp³-hybridized carbons (Fsp3) is 0.625. The van der Waals surface area contributed by atoms with Crippen LogP contribution in [-0.4, -0.2) is 17.5 Å². The average Bonchev–Trinajstić information content (AvgIpc) is 2.46. The van der Waals surface area contributed by atoms with Crippen LogP contribution in [0.2, 0.25) is 0 Å². The molecule has 5 heteroatoms. The molecule has 0 saturated heterocycles. The Bertz CT molecular complexity index is 444. The van der Waals surface area contributed by atoms with E-state index in [1.807, 2.05) is 18.7 Å². The molecule has 0 heterocycles. The van der Waals surface area contributed by atoms with Crippen molar-refractivity contribution in [3.8, 4) is 0 Å². The van der Waals surface area contributed by atoms with E-state index in [1.165, 1.54) is 25.0 Å². The Morgan fingerprint density at radius 2 is 1.86 bits per heavy atom. The first kappa shape index (κ1) is 16.7. The van der Waals surface area contributed by atoms with Crippen molar-refractivity contribution in [3.63, 3.8) is 0 Å². The SMILES string of the molecule is CSC1CCCC(NC(C)c2ccc(C(F)(F)F)cc2)C1. The van der Waals surface area contributed by atoms with Gasteiger partial charge in [-0.05, 0) is 50.1 Å². The third-order valence-corrected chi connectivity index (χ3v) is 5.28. The van der Waals surface area contributed by atoms with E-state index in [4.69, 9.17) is 0 Å². The van der Waals surface area contributed by atoms with Crippen LogP contribution in [0.3, 0.4) is 0 Å². The van der Waals surface area contributed by atoms with Gasteiger partial charge in [0.1, 0.15) is 0 Å². The van der Waals surface area contributed by atoms with Crippen LogP contribution in [0.25, 0.3) is 0 Å². The molecule has 0 amide bonds. The second kappa shape index (κ2) is 7.05. The highest BCUT2D eigenvalue weighted by molar-refractivity contribution is 7.99. The maximum atomic E-state index is 12.6. The number of alkyl halides is 3. The van der Waals surface area contributed by atoms with Crippen molar-refractivity contribution in [2.45, 2.75) is 56.1 Å². The highest BCUT2D eigenvalue weighted by Gasteiger charge is 2.30. The van der Waals surface area contributed by atoms with Gasteiger partial charge in [0, 0.05) is 17.3 Å². The molecule has 1 saturated carbocycles. The summed E-state index contributed by atoms with van der Waals surface area (Å²) in [7, 11) is 0. The molecule has 0 aromatic heterocycles. The molecule has 0 aliphatic heterocycles. The zero-order valence-electron chi connectivity index (χ0n) is 12.4. The van der Waals surface area contributed by atoms with Crippen molar-refractivity contribution in [3.05, 3.63) is 35.4 Å². The predicted octanol–water partition coefficient (Wildman–Crippen LogP) is 5.03. The van der Waals surface area contributed by atoms with Crippen molar-refractivity contribution in [2.75, 3.05) is 6.26 Å². The Balaban J connectivity index is 1.95. The summed E-state index contributed by atoms with van der Waals surface area (Å²) in [6.45, 7) is 2.02. The number of hydrogen-bond donors (Lipinski definition) is 1. The molecule has 1 N–H and O–H groups in total. The Morgan fingerprint density at radius 1 is 1.19 bits per heavy atom. The van der Waals surface area contributed by atoms with Gasteiger partial charge in [0.2, 0.25) is 0 Å². The minimum absolute atomic E-state index is 0.0814. The van der Waals surface area contributed by atoms with Gasteiger partial charge in [-0.3, -0.25) is 0 Å². The van der Waals surface area contributed by atoms with Crippen LogP contribution in [0.5, 0.6) is 0 Å². The monoisotopic (exact) mass is 317 g/mol. The van der Waals surface area contributed by atoms with Gasteiger partial charge in [-0.1, -0.05) is 18.6 Å². The molecule has 3 atom stereocenters. The van der Waals surface area contributed by atoms with Crippen LogP contribution in [0.4, 0.5) is 13.2 Å². The quantitative estimate of drug-likeness (QED) is 0.836. The van der Waals surface area contributed by atoms with Crippen molar-refractivity contribution < 1.29 is 13.2 Å². The molecule has 1 aliphatic rings. The third kappa shape index (κ3) is 4.65. The van der Waals surface area contributed by atoms with Gasteiger partial charge in [0.05, 0.1) is 5.56 Å². The lowest BCUT2D eigenvalue weighted by molar-refractivity contribution is -0.137. The molecular formula is C16H22F3NS. The van der Waals surface area contributed by atoms with Crippen molar-refractivity contribution in [2.24, 2.45) is 0 Å². The van der Waals surface area contributed by atoms with Crippen LogP contribution in [0.15, 0.2) is 24.3 Å². The van der Waals surface area contributed by atoms with Gasteiger partial charge < -0.3 is 5.32 Å². The first-order chi connectivity index (χ1) is 9.90. The van der Waals surface area contributed by atoms with Gasteiger partial charge in [-0.2, -0.15) is 24.9 Å². The third-order valence-electron chi connectivity index (χ3n) is 4.18. The maximum Gasteiger partial charge on any atom is 0.416 e. The number of nitrogens with one attached hydrogen (secondary N) is 1. The summed E-state index contributed by atoms with van der Waals surface area (Å²) in [6, 6.07) is 6.04. The molecule has 0 spiro atoms. The first-order valence-corrected chi connectivity index (χ1v) is 8.65. The molecule has 1 nitrogen and oxygen atoms in total. The largest absolute Gasteiger partial charge is 0.416 e. The first-order valence-electron chi connectivity index (χ1n) is 7.36. The van der Waals surface area contributed by atoms with E-state index in [1.54, 1.807) is 12.1 Å². The molecule has 0 radical (unpaired) electrons. The Hall–Kier alpha value is -0.680. The van der Waals surface area contributed by atoms with E-state index in [2.05, 4.69) is 11.6 Å². The molecule has 21 heavy (non-hydrogen) atoms. The van der Waals surface area contributed by atoms with Gasteiger partial charge in [0.15, 0.2) is 0 Å². The van der Waals surface area contributed by atoms with E-state index in [0.717, 1.165) is 18.4 Å². The van der Waals surface area contributed by atoms with Crippen LogP contribution in [-0.2, 0) is 6.18 Å². The minimum Gasteiger partial charge on any atom is -0.307 e. The normalized spacial score (nSPS) is 24.8. The number of thioether (sulfide) groups is 1. The molecule has 0 bridgehead atoms. The lowest BCUT2D eigenvalue weighted by Gasteiger charge is -2.31. The maximum absolute atomic E-state index is 12.6. The van der Waals surface area contributed by atoms with Gasteiger partial charge in [-0.15, -0.1) is 0 Å². The second-order valence-corrected chi connectivity index (χ2v) is 6.87. The molecule has 1 aliphatic carbocycles. The second-order valence-electron chi connectivity index (χ2n) is 5.73. The molecule has 1 aromatic carbocycles. The molecule has 2 rings (SSSR count). The molecular weight excluding hydrogens is 295 g/mol. The lowest BCUT2D eigenvalue weighted by atomic mass is 9.93. The molecule has 3 unspecified atom stereocenters.